The van der Waals surface area contributed by atoms with Crippen LogP contribution < -0.4 is 4.74 Å². The third-order valence-corrected chi connectivity index (χ3v) is 7.70. The van der Waals surface area contributed by atoms with E-state index in [1.807, 2.05) is 18.2 Å². The van der Waals surface area contributed by atoms with Gasteiger partial charge in [-0.1, -0.05) is 24.3 Å². The van der Waals surface area contributed by atoms with Crippen molar-refractivity contribution in [1.82, 2.24) is 9.88 Å². The Balaban J connectivity index is 1.35. The lowest BCUT2D eigenvalue weighted by Crippen LogP contribution is -2.42. The van der Waals surface area contributed by atoms with E-state index in [2.05, 4.69) is 41.1 Å². The molecular weight excluding hydrogens is 455 g/mol. The van der Waals surface area contributed by atoms with E-state index in [0.717, 1.165) is 49.8 Å². The van der Waals surface area contributed by atoms with E-state index in [-0.39, 0.29) is 18.3 Å². The number of hydrogen-bond acceptors (Lipinski definition) is 4. The van der Waals surface area contributed by atoms with Gasteiger partial charge in [0.15, 0.2) is 0 Å². The quantitative estimate of drug-likeness (QED) is 0.336. The van der Waals surface area contributed by atoms with Gasteiger partial charge in [0.1, 0.15) is 11.9 Å². The summed E-state index contributed by atoms with van der Waals surface area (Å²) in [6.07, 6.45) is 4.74. The maximum Gasteiger partial charge on any atom is 0.303 e. The number of piperidine rings is 1. The van der Waals surface area contributed by atoms with Crippen LogP contribution in [0, 0.1) is 18.8 Å². The number of benzene rings is 2. The van der Waals surface area contributed by atoms with Gasteiger partial charge in [0, 0.05) is 24.5 Å². The molecule has 1 saturated heterocycles. The number of ether oxygens (including phenoxy) is 1. The number of alkyl halides is 1. The van der Waals surface area contributed by atoms with Crippen LogP contribution in [-0.4, -0.2) is 47.7 Å². The lowest BCUT2D eigenvalue weighted by atomic mass is 9.79. The molecule has 0 unspecified atom stereocenters. The molecule has 0 radical (unpaired) electrons. The molecule has 3 atom stereocenters. The largest absolute Gasteiger partial charge is 0.497 e. The Morgan fingerprint density at radius 2 is 2.06 bits per heavy atom. The SMILES string of the molecule is COc1ccc2nccc([C@@H](F)CC[C@@H]3CCN(CCCc4ccccc4C)C[C@@H]3CC(=O)O)c2c1. The number of nitrogens with zero attached hydrogens (tertiary/aromatic N) is 2. The molecule has 4 rings (SSSR count). The predicted octanol–water partition coefficient (Wildman–Crippen LogP) is 6.39. The minimum absolute atomic E-state index is 0.0520. The van der Waals surface area contributed by atoms with Gasteiger partial charge in [0.05, 0.1) is 12.6 Å². The molecule has 2 aromatic carbocycles. The summed E-state index contributed by atoms with van der Waals surface area (Å²) in [7, 11) is 1.60. The maximum absolute atomic E-state index is 15.5. The number of rotatable bonds is 11. The number of pyridine rings is 1. The zero-order chi connectivity index (χ0) is 25.5. The summed E-state index contributed by atoms with van der Waals surface area (Å²) in [5.74, 6) is 0.182. The van der Waals surface area contributed by atoms with Gasteiger partial charge in [0.25, 0.3) is 0 Å². The van der Waals surface area contributed by atoms with Crippen LogP contribution in [0.25, 0.3) is 10.9 Å². The van der Waals surface area contributed by atoms with Crippen molar-refractivity contribution in [3.63, 3.8) is 0 Å². The van der Waals surface area contributed by atoms with Crippen LogP contribution in [0.4, 0.5) is 4.39 Å². The fourth-order valence-corrected chi connectivity index (χ4v) is 5.64. The van der Waals surface area contributed by atoms with Crippen LogP contribution in [0.3, 0.4) is 0 Å². The van der Waals surface area contributed by atoms with Gasteiger partial charge in [-0.15, -0.1) is 0 Å². The zero-order valence-electron chi connectivity index (χ0n) is 21.3. The van der Waals surface area contributed by atoms with E-state index in [9.17, 15) is 9.90 Å². The Kier molecular flexibility index (Phi) is 8.92. The van der Waals surface area contributed by atoms with Crippen molar-refractivity contribution in [3.05, 3.63) is 71.4 Å². The van der Waals surface area contributed by atoms with Gasteiger partial charge in [0.2, 0.25) is 0 Å². The second-order valence-electron chi connectivity index (χ2n) is 10.1. The Morgan fingerprint density at radius 3 is 2.83 bits per heavy atom. The van der Waals surface area contributed by atoms with E-state index >= 15 is 4.39 Å². The van der Waals surface area contributed by atoms with Crippen LogP contribution in [0.5, 0.6) is 5.75 Å². The molecule has 1 aliphatic rings. The van der Waals surface area contributed by atoms with Crippen molar-refractivity contribution < 1.29 is 19.0 Å². The van der Waals surface area contributed by atoms with Crippen LogP contribution in [0.1, 0.15) is 55.0 Å². The van der Waals surface area contributed by atoms with Crippen LogP contribution in [-0.2, 0) is 11.2 Å². The van der Waals surface area contributed by atoms with Crippen LogP contribution in [0.2, 0.25) is 0 Å². The smallest absolute Gasteiger partial charge is 0.303 e. The number of carbonyl (C=O) groups is 1. The highest BCUT2D eigenvalue weighted by Crippen LogP contribution is 2.36. The molecule has 1 N–H and O–H groups in total. The molecule has 2 heterocycles. The average Bonchev–Trinajstić information content (AvgIpc) is 2.88. The molecule has 0 saturated carbocycles. The zero-order valence-corrected chi connectivity index (χ0v) is 21.3. The van der Waals surface area contributed by atoms with Gasteiger partial charge in [-0.25, -0.2) is 4.39 Å². The first-order chi connectivity index (χ1) is 17.4. The Morgan fingerprint density at radius 1 is 1.22 bits per heavy atom. The molecule has 0 aliphatic carbocycles. The standard InChI is InChI=1S/C30H37FN2O3/c1-21-6-3-4-7-22(21)8-5-16-33-17-14-23(24(20-33)18-30(34)35)9-11-28(31)26-13-15-32-29-12-10-25(36-2)19-27(26)29/h3-4,6-7,10,12-13,15,19,23-24,28H,5,8-9,11,14,16-18,20H2,1-2H3,(H,34,35)/t23-,24+,28+/m1/s1. The second-order valence-corrected chi connectivity index (χ2v) is 10.1. The normalized spacial score (nSPS) is 19.3. The molecule has 5 nitrogen and oxygen atoms in total. The number of carboxylic acid groups (broad SMARTS) is 1. The highest BCUT2D eigenvalue weighted by atomic mass is 19.1. The summed E-state index contributed by atoms with van der Waals surface area (Å²) in [5, 5.41) is 10.3. The summed E-state index contributed by atoms with van der Waals surface area (Å²) in [6.45, 7) is 4.83. The topological polar surface area (TPSA) is 62.7 Å². The highest BCUT2D eigenvalue weighted by Gasteiger charge is 2.31. The van der Waals surface area contributed by atoms with E-state index < -0.39 is 12.1 Å². The summed E-state index contributed by atoms with van der Waals surface area (Å²) < 4.78 is 20.8. The number of carboxylic acids is 1. The van der Waals surface area contributed by atoms with Gasteiger partial charge in [-0.2, -0.15) is 0 Å². The number of fused-ring (bicyclic) bond motifs is 1. The molecule has 1 aliphatic heterocycles. The summed E-state index contributed by atoms with van der Waals surface area (Å²) in [6, 6.07) is 15.7. The first kappa shape index (κ1) is 26.1. The number of methoxy groups -OCH3 is 1. The number of halogens is 1. The van der Waals surface area contributed by atoms with E-state index in [0.29, 0.717) is 24.2 Å². The molecule has 192 valence electrons. The summed E-state index contributed by atoms with van der Waals surface area (Å²) >= 11 is 0. The Hall–Kier alpha value is -2.99. The fraction of sp³-hybridized carbons (Fsp3) is 0.467. The van der Waals surface area contributed by atoms with E-state index in [1.54, 1.807) is 19.4 Å². The summed E-state index contributed by atoms with van der Waals surface area (Å²) in [4.78, 5) is 18.4. The molecule has 0 amide bonds. The number of aryl methyl sites for hydroxylation is 2. The molecule has 1 aromatic heterocycles. The van der Waals surface area contributed by atoms with Crippen molar-refractivity contribution in [2.24, 2.45) is 11.8 Å². The third-order valence-electron chi connectivity index (χ3n) is 7.70. The van der Waals surface area contributed by atoms with E-state index in [1.165, 1.54) is 11.1 Å². The minimum Gasteiger partial charge on any atom is -0.497 e. The summed E-state index contributed by atoms with van der Waals surface area (Å²) in [5.41, 5.74) is 4.08. The van der Waals surface area contributed by atoms with Gasteiger partial charge < -0.3 is 14.7 Å². The fourth-order valence-electron chi connectivity index (χ4n) is 5.64. The highest BCUT2D eigenvalue weighted by molar-refractivity contribution is 5.83. The lowest BCUT2D eigenvalue weighted by molar-refractivity contribution is -0.139. The number of aliphatic carboxylic acids is 1. The molecule has 6 heteroatoms. The molecular formula is C30H37FN2O3. The van der Waals surface area contributed by atoms with Gasteiger partial charge in [-0.05, 0) is 105 Å². The monoisotopic (exact) mass is 492 g/mol. The first-order valence-electron chi connectivity index (χ1n) is 13.0. The number of aromatic nitrogens is 1. The molecule has 0 bridgehead atoms. The van der Waals surface area contributed by atoms with Crippen molar-refractivity contribution in [2.75, 3.05) is 26.7 Å². The van der Waals surface area contributed by atoms with Gasteiger partial charge in [-0.3, -0.25) is 9.78 Å². The van der Waals surface area contributed by atoms with Crippen molar-refractivity contribution in [3.8, 4) is 5.75 Å². The first-order valence-corrected chi connectivity index (χ1v) is 13.0. The number of hydrogen-bond donors (Lipinski definition) is 1. The molecule has 3 aromatic rings. The van der Waals surface area contributed by atoms with Gasteiger partial charge >= 0.3 is 5.97 Å². The average molecular weight is 493 g/mol. The maximum atomic E-state index is 15.5. The van der Waals surface area contributed by atoms with Crippen molar-refractivity contribution in [2.45, 2.75) is 51.6 Å². The van der Waals surface area contributed by atoms with Crippen LogP contribution in [0.15, 0.2) is 54.7 Å². The predicted molar refractivity (Wildman–Crippen MR) is 141 cm³/mol. The third kappa shape index (κ3) is 6.61. The minimum atomic E-state index is -1.12. The number of likely N-dealkylation sites (tertiary alicyclic amines) is 1. The Labute approximate surface area is 213 Å². The second kappa shape index (κ2) is 12.3. The molecule has 0 spiro atoms. The van der Waals surface area contributed by atoms with Crippen LogP contribution >= 0.6 is 0 Å². The lowest BCUT2D eigenvalue weighted by Gasteiger charge is -2.38. The molecule has 36 heavy (non-hydrogen) atoms. The van der Waals surface area contributed by atoms with Crippen molar-refractivity contribution in [1.29, 1.82) is 0 Å². The Bertz CT molecular complexity index is 1170. The van der Waals surface area contributed by atoms with E-state index in [4.69, 9.17) is 4.74 Å². The van der Waals surface area contributed by atoms with Crippen molar-refractivity contribution >= 4 is 16.9 Å². The molecule has 1 fully saturated rings.